The molecule has 2 rings (SSSR count). The van der Waals surface area contributed by atoms with E-state index in [9.17, 15) is 4.79 Å². The monoisotopic (exact) mass is 359 g/mol. The molecule has 134 valence electrons. The first kappa shape index (κ1) is 19.3. The molecular weight excluding hydrogens is 334 g/mol. The zero-order valence-electron chi connectivity index (χ0n) is 15.5. The van der Waals surface area contributed by atoms with Crippen LogP contribution in [0.4, 0.5) is 0 Å². The highest BCUT2D eigenvalue weighted by molar-refractivity contribution is 7.98. The maximum atomic E-state index is 12.4. The molecule has 25 heavy (non-hydrogen) atoms. The van der Waals surface area contributed by atoms with Gasteiger partial charge in [0.2, 0.25) is 11.1 Å². The Morgan fingerprint density at radius 2 is 2.00 bits per heavy atom. The van der Waals surface area contributed by atoms with Crippen LogP contribution in [-0.4, -0.2) is 37.3 Å². The van der Waals surface area contributed by atoms with Crippen LogP contribution in [-0.2, 0) is 11.2 Å². The van der Waals surface area contributed by atoms with Gasteiger partial charge < -0.3 is 5.32 Å². The molecule has 6 nitrogen and oxygen atoms in total. The lowest BCUT2D eigenvalue weighted by atomic mass is 9.93. The summed E-state index contributed by atoms with van der Waals surface area (Å²) in [5, 5.41) is 8.13. The highest BCUT2D eigenvalue weighted by atomic mass is 32.2. The van der Waals surface area contributed by atoms with Crippen LogP contribution >= 0.6 is 11.8 Å². The zero-order valence-corrected chi connectivity index (χ0v) is 16.3. The van der Waals surface area contributed by atoms with Crippen molar-refractivity contribution in [2.75, 3.05) is 6.26 Å². The fourth-order valence-electron chi connectivity index (χ4n) is 2.87. The van der Waals surface area contributed by atoms with Gasteiger partial charge in [-0.25, -0.2) is 9.50 Å². The van der Waals surface area contributed by atoms with E-state index in [4.69, 9.17) is 6.42 Å². The number of rotatable bonds is 7. The van der Waals surface area contributed by atoms with Gasteiger partial charge >= 0.3 is 0 Å². The normalized spacial score (nSPS) is 11.5. The molecule has 2 aromatic rings. The molecule has 1 amide bonds. The van der Waals surface area contributed by atoms with E-state index in [0.717, 1.165) is 17.0 Å². The van der Waals surface area contributed by atoms with Crippen LogP contribution in [0.25, 0.3) is 5.78 Å². The Morgan fingerprint density at radius 3 is 2.56 bits per heavy atom. The molecule has 0 aromatic carbocycles. The lowest BCUT2D eigenvalue weighted by Crippen LogP contribution is -2.46. The Balaban J connectivity index is 2.18. The first-order chi connectivity index (χ1) is 11.9. The molecule has 0 saturated carbocycles. The predicted octanol–water partition coefficient (Wildman–Crippen LogP) is 2.70. The third-order valence-electron chi connectivity index (χ3n) is 4.68. The third-order valence-corrected chi connectivity index (χ3v) is 5.21. The van der Waals surface area contributed by atoms with E-state index >= 15 is 0 Å². The van der Waals surface area contributed by atoms with Crippen molar-refractivity contribution in [1.29, 1.82) is 0 Å². The van der Waals surface area contributed by atoms with Crippen LogP contribution in [0.1, 0.15) is 50.1 Å². The van der Waals surface area contributed by atoms with Gasteiger partial charge in [-0.05, 0) is 44.9 Å². The van der Waals surface area contributed by atoms with Gasteiger partial charge in [-0.1, -0.05) is 31.5 Å². The van der Waals surface area contributed by atoms with E-state index in [0.29, 0.717) is 36.6 Å². The molecule has 2 heterocycles. The summed E-state index contributed by atoms with van der Waals surface area (Å²) >= 11 is 1.48. The topological polar surface area (TPSA) is 72.2 Å². The second kappa shape index (κ2) is 7.87. The second-order valence-electron chi connectivity index (χ2n) is 6.05. The zero-order chi connectivity index (χ0) is 18.6. The first-order valence-electron chi connectivity index (χ1n) is 8.45. The number of nitrogens with one attached hydrogen (secondary N) is 1. The largest absolute Gasteiger partial charge is 0.340 e. The lowest BCUT2D eigenvalue weighted by Gasteiger charge is -2.27. The van der Waals surface area contributed by atoms with Gasteiger partial charge in [0.1, 0.15) is 5.54 Å². The van der Waals surface area contributed by atoms with Crippen LogP contribution in [0, 0.1) is 26.2 Å². The standard InChI is InChI=1S/C18H25N5OS/c1-7-18(8-2,9-3)21-15(24)11-10-14-12(4)19-16-20-17(25-6)22-23(16)13(14)5/h1H,8-11H2,2-6H3,(H,21,24). The van der Waals surface area contributed by atoms with Crippen LogP contribution in [0.15, 0.2) is 5.16 Å². The van der Waals surface area contributed by atoms with Gasteiger partial charge in [-0.2, -0.15) is 4.98 Å². The van der Waals surface area contributed by atoms with E-state index in [1.165, 1.54) is 11.8 Å². The Labute approximate surface area is 153 Å². The van der Waals surface area contributed by atoms with Gasteiger partial charge in [0, 0.05) is 17.8 Å². The minimum Gasteiger partial charge on any atom is -0.340 e. The highest BCUT2D eigenvalue weighted by Crippen LogP contribution is 2.19. The van der Waals surface area contributed by atoms with E-state index in [1.807, 2.05) is 34.0 Å². The lowest BCUT2D eigenvalue weighted by molar-refractivity contribution is -0.122. The van der Waals surface area contributed by atoms with Crippen molar-refractivity contribution in [3.05, 3.63) is 17.0 Å². The molecule has 0 aliphatic rings. The van der Waals surface area contributed by atoms with Crippen molar-refractivity contribution in [3.63, 3.8) is 0 Å². The number of carbonyl (C=O) groups is 1. The third kappa shape index (κ3) is 3.96. The highest BCUT2D eigenvalue weighted by Gasteiger charge is 2.25. The number of hydrogen-bond acceptors (Lipinski definition) is 5. The van der Waals surface area contributed by atoms with Gasteiger partial charge in [0.15, 0.2) is 0 Å². The Hall–Kier alpha value is -2.07. The molecule has 0 unspecified atom stereocenters. The number of terminal acetylenes is 1. The van der Waals surface area contributed by atoms with E-state index < -0.39 is 5.54 Å². The van der Waals surface area contributed by atoms with Gasteiger partial charge in [0.25, 0.3) is 5.78 Å². The van der Waals surface area contributed by atoms with Crippen molar-refractivity contribution in [2.45, 2.75) is 64.1 Å². The minimum atomic E-state index is -0.553. The average molecular weight is 359 g/mol. The number of fused-ring (bicyclic) bond motifs is 1. The van der Waals surface area contributed by atoms with Crippen molar-refractivity contribution < 1.29 is 4.79 Å². The Morgan fingerprint density at radius 1 is 1.32 bits per heavy atom. The summed E-state index contributed by atoms with van der Waals surface area (Å²) < 4.78 is 1.75. The number of amides is 1. The van der Waals surface area contributed by atoms with Crippen LogP contribution in [0.3, 0.4) is 0 Å². The summed E-state index contributed by atoms with van der Waals surface area (Å²) in [6.45, 7) is 7.91. The van der Waals surface area contributed by atoms with Gasteiger partial charge in [-0.3, -0.25) is 4.79 Å². The summed E-state index contributed by atoms with van der Waals surface area (Å²) in [7, 11) is 0. The summed E-state index contributed by atoms with van der Waals surface area (Å²) in [6, 6.07) is 0. The molecule has 0 spiro atoms. The Bertz CT molecular complexity index is 817. The predicted molar refractivity (Wildman–Crippen MR) is 101 cm³/mol. The van der Waals surface area contributed by atoms with E-state index in [2.05, 4.69) is 26.3 Å². The number of thioether (sulfide) groups is 1. The van der Waals surface area contributed by atoms with Crippen LogP contribution in [0.2, 0.25) is 0 Å². The number of hydrogen-bond donors (Lipinski definition) is 1. The smallest absolute Gasteiger partial charge is 0.253 e. The van der Waals surface area contributed by atoms with Crippen LogP contribution in [0.5, 0.6) is 0 Å². The molecule has 0 bridgehead atoms. The maximum absolute atomic E-state index is 12.4. The summed E-state index contributed by atoms with van der Waals surface area (Å²) in [4.78, 5) is 21.3. The molecule has 0 aliphatic heterocycles. The number of aromatic nitrogens is 4. The van der Waals surface area contributed by atoms with Gasteiger partial charge in [-0.15, -0.1) is 11.5 Å². The Kier molecular flexibility index (Phi) is 6.07. The molecule has 0 aliphatic carbocycles. The number of carbonyl (C=O) groups excluding carboxylic acids is 1. The fourth-order valence-corrected chi connectivity index (χ4v) is 3.21. The molecule has 0 saturated heterocycles. The summed E-state index contributed by atoms with van der Waals surface area (Å²) in [5.74, 6) is 3.29. The molecule has 1 N–H and O–H groups in total. The summed E-state index contributed by atoms with van der Waals surface area (Å²) in [5.41, 5.74) is 2.33. The fraction of sp³-hybridized carbons (Fsp3) is 0.556. The van der Waals surface area contributed by atoms with Crippen LogP contribution < -0.4 is 5.32 Å². The maximum Gasteiger partial charge on any atom is 0.253 e. The van der Waals surface area contributed by atoms with Crippen molar-refractivity contribution in [2.24, 2.45) is 0 Å². The molecular formula is C18H25N5OS. The average Bonchev–Trinajstić information content (AvgIpc) is 3.03. The first-order valence-corrected chi connectivity index (χ1v) is 9.67. The quantitative estimate of drug-likeness (QED) is 0.608. The van der Waals surface area contributed by atoms with Crippen molar-refractivity contribution in [1.82, 2.24) is 24.9 Å². The molecule has 2 aromatic heterocycles. The second-order valence-corrected chi connectivity index (χ2v) is 6.83. The summed E-state index contributed by atoms with van der Waals surface area (Å²) in [6.07, 6.45) is 9.93. The van der Waals surface area contributed by atoms with E-state index in [1.54, 1.807) is 4.52 Å². The molecule has 0 radical (unpaired) electrons. The number of aryl methyl sites for hydroxylation is 2. The molecule has 0 atom stereocenters. The van der Waals surface area contributed by atoms with Crippen molar-refractivity contribution >= 4 is 23.4 Å². The number of nitrogens with zero attached hydrogens (tertiary/aromatic N) is 4. The minimum absolute atomic E-state index is 0.0380. The molecule has 0 fully saturated rings. The van der Waals surface area contributed by atoms with Crippen molar-refractivity contribution in [3.8, 4) is 12.3 Å². The van der Waals surface area contributed by atoms with E-state index in [-0.39, 0.29) is 5.91 Å². The SMILES string of the molecule is C#CC(CC)(CC)NC(=O)CCc1c(C)nc2nc(SC)nn2c1C. The molecule has 7 heteroatoms. The van der Waals surface area contributed by atoms with Gasteiger partial charge in [0.05, 0.1) is 0 Å².